The highest BCUT2D eigenvalue weighted by molar-refractivity contribution is 6.30. The van der Waals surface area contributed by atoms with Crippen molar-refractivity contribution in [2.75, 3.05) is 32.8 Å². The van der Waals surface area contributed by atoms with Gasteiger partial charge >= 0.3 is 0 Å². The van der Waals surface area contributed by atoms with Crippen molar-refractivity contribution in [1.29, 1.82) is 0 Å². The van der Waals surface area contributed by atoms with Crippen LogP contribution in [-0.4, -0.2) is 58.6 Å². The van der Waals surface area contributed by atoms with Gasteiger partial charge in [0.2, 0.25) is 0 Å². The molecule has 0 spiro atoms. The highest BCUT2D eigenvalue weighted by Gasteiger charge is 2.44. The molecule has 3 heterocycles. The zero-order valence-corrected chi connectivity index (χ0v) is 12.5. The summed E-state index contributed by atoms with van der Waals surface area (Å²) in [5.41, 5.74) is 0.0538. The number of likely N-dealkylation sites (tertiary alicyclic amines) is 1. The highest BCUT2D eigenvalue weighted by Crippen LogP contribution is 2.36. The average Bonchev–Trinajstić information content (AvgIpc) is 2.90. The Kier molecular flexibility index (Phi) is 4.31. The van der Waals surface area contributed by atoms with Crippen LogP contribution in [0.2, 0.25) is 5.02 Å². The summed E-state index contributed by atoms with van der Waals surface area (Å²) in [4.78, 5) is 2.45. The second kappa shape index (κ2) is 6.02. The third-order valence-corrected chi connectivity index (χ3v) is 5.01. The number of aliphatic hydroxyl groups is 1. The monoisotopic (exact) mass is 298 g/mol. The van der Waals surface area contributed by atoms with Crippen LogP contribution in [0.25, 0.3) is 0 Å². The minimum absolute atomic E-state index is 0.0538. The second-order valence-corrected chi connectivity index (χ2v) is 6.55. The summed E-state index contributed by atoms with van der Waals surface area (Å²) >= 11 is 5.88. The van der Waals surface area contributed by atoms with Crippen LogP contribution in [0.15, 0.2) is 12.4 Å². The number of fused-ring (bicyclic) bond motifs is 1. The molecule has 0 saturated carbocycles. The Labute approximate surface area is 124 Å². The van der Waals surface area contributed by atoms with Crippen LogP contribution < -0.4 is 5.32 Å². The molecule has 0 radical (unpaired) electrons. The van der Waals surface area contributed by atoms with Gasteiger partial charge in [0.25, 0.3) is 0 Å². The molecule has 2 fully saturated rings. The Balaban J connectivity index is 1.58. The van der Waals surface area contributed by atoms with E-state index in [1.54, 1.807) is 6.20 Å². The average molecular weight is 299 g/mol. The Morgan fingerprint density at radius 1 is 1.50 bits per heavy atom. The molecule has 6 heteroatoms. The van der Waals surface area contributed by atoms with Crippen molar-refractivity contribution in [3.63, 3.8) is 0 Å². The van der Waals surface area contributed by atoms with E-state index < -0.39 is 0 Å². The fraction of sp³-hybridized carbons (Fsp3) is 0.786. The molecule has 3 rings (SSSR count). The third kappa shape index (κ3) is 2.86. The van der Waals surface area contributed by atoms with E-state index in [4.69, 9.17) is 11.6 Å². The number of aromatic nitrogens is 2. The molecule has 2 atom stereocenters. The van der Waals surface area contributed by atoms with Crippen molar-refractivity contribution < 1.29 is 5.11 Å². The molecule has 2 aliphatic rings. The van der Waals surface area contributed by atoms with Crippen molar-refractivity contribution in [2.45, 2.75) is 31.8 Å². The Bertz CT molecular complexity index is 452. The van der Waals surface area contributed by atoms with Gasteiger partial charge in [-0.2, -0.15) is 5.10 Å². The van der Waals surface area contributed by atoms with Gasteiger partial charge in [-0.15, -0.1) is 0 Å². The maximum atomic E-state index is 9.88. The number of hydrogen-bond donors (Lipinski definition) is 2. The first-order chi connectivity index (χ1) is 9.72. The van der Waals surface area contributed by atoms with E-state index in [0.717, 1.165) is 45.6 Å². The van der Waals surface area contributed by atoms with Crippen LogP contribution >= 0.6 is 11.6 Å². The van der Waals surface area contributed by atoms with Gasteiger partial charge in [0, 0.05) is 30.7 Å². The first-order valence-corrected chi connectivity index (χ1v) is 7.84. The molecule has 0 aromatic carbocycles. The van der Waals surface area contributed by atoms with Crippen molar-refractivity contribution in [3.05, 3.63) is 17.4 Å². The lowest BCUT2D eigenvalue weighted by atomic mass is 9.71. The summed E-state index contributed by atoms with van der Waals surface area (Å²) in [6, 6.07) is 0.483. The van der Waals surface area contributed by atoms with Gasteiger partial charge < -0.3 is 15.3 Å². The minimum atomic E-state index is 0.0538. The maximum Gasteiger partial charge on any atom is 0.0785 e. The Morgan fingerprint density at radius 2 is 2.40 bits per heavy atom. The van der Waals surface area contributed by atoms with E-state index in [0.29, 0.717) is 11.1 Å². The van der Waals surface area contributed by atoms with Crippen LogP contribution in [0.1, 0.15) is 19.3 Å². The summed E-state index contributed by atoms with van der Waals surface area (Å²) in [5.74, 6) is 0. The molecule has 0 aliphatic carbocycles. The maximum absolute atomic E-state index is 9.88. The minimum Gasteiger partial charge on any atom is -0.396 e. The molecule has 1 aromatic rings. The van der Waals surface area contributed by atoms with Gasteiger partial charge in [0.05, 0.1) is 24.4 Å². The molecule has 20 heavy (non-hydrogen) atoms. The molecule has 0 amide bonds. The molecule has 112 valence electrons. The van der Waals surface area contributed by atoms with E-state index in [-0.39, 0.29) is 12.0 Å². The third-order valence-electron chi connectivity index (χ3n) is 4.82. The fourth-order valence-electron chi connectivity index (χ4n) is 3.68. The van der Waals surface area contributed by atoms with Crippen LogP contribution in [-0.2, 0) is 6.54 Å². The van der Waals surface area contributed by atoms with E-state index in [1.165, 1.54) is 6.42 Å². The number of hydrogen-bond acceptors (Lipinski definition) is 4. The van der Waals surface area contributed by atoms with Crippen LogP contribution in [0, 0.1) is 5.41 Å². The number of nitrogens with one attached hydrogen (secondary N) is 1. The van der Waals surface area contributed by atoms with Gasteiger partial charge in [-0.1, -0.05) is 11.6 Å². The number of halogens is 1. The summed E-state index contributed by atoms with van der Waals surface area (Å²) in [6.45, 7) is 5.27. The summed E-state index contributed by atoms with van der Waals surface area (Å²) in [6.07, 6.45) is 6.96. The summed E-state index contributed by atoms with van der Waals surface area (Å²) in [7, 11) is 0. The first kappa shape index (κ1) is 14.3. The zero-order chi connectivity index (χ0) is 14.0. The smallest absolute Gasteiger partial charge is 0.0785 e. The number of rotatable bonds is 4. The predicted molar refractivity (Wildman–Crippen MR) is 78.8 cm³/mol. The van der Waals surface area contributed by atoms with E-state index in [1.807, 2.05) is 10.9 Å². The summed E-state index contributed by atoms with van der Waals surface area (Å²) < 4.78 is 1.89. The normalized spacial score (nSPS) is 31.2. The van der Waals surface area contributed by atoms with Gasteiger partial charge in [-0.05, 0) is 32.4 Å². The lowest BCUT2D eigenvalue weighted by Gasteiger charge is -2.50. The largest absolute Gasteiger partial charge is 0.396 e. The van der Waals surface area contributed by atoms with Crippen molar-refractivity contribution >= 4 is 11.6 Å². The SMILES string of the molecule is OC[C@]12CCCN[C@@H]1CCN(CCn1cc(Cl)cn1)C2. The van der Waals surface area contributed by atoms with Crippen LogP contribution in [0.5, 0.6) is 0 Å². The van der Waals surface area contributed by atoms with Crippen molar-refractivity contribution in [3.8, 4) is 0 Å². The molecular formula is C14H23ClN4O. The molecule has 2 saturated heterocycles. The predicted octanol–water partition coefficient (Wildman–Crippen LogP) is 0.973. The quantitative estimate of drug-likeness (QED) is 0.870. The Hall–Kier alpha value is -0.620. The lowest BCUT2D eigenvalue weighted by Crippen LogP contribution is -2.61. The molecule has 2 N–H and O–H groups in total. The highest BCUT2D eigenvalue weighted by atomic mass is 35.5. The first-order valence-electron chi connectivity index (χ1n) is 7.46. The molecule has 5 nitrogen and oxygen atoms in total. The summed E-state index contributed by atoms with van der Waals surface area (Å²) in [5, 5.41) is 18.4. The number of aliphatic hydroxyl groups excluding tert-OH is 1. The fourth-order valence-corrected chi connectivity index (χ4v) is 3.83. The van der Waals surface area contributed by atoms with E-state index >= 15 is 0 Å². The standard InChI is InChI=1S/C14H23ClN4O/c15-12-8-17-19(9-12)7-6-18-5-2-13-14(10-18,11-20)3-1-4-16-13/h8-9,13,16,20H,1-7,10-11H2/t13-,14-/m1/s1. The topological polar surface area (TPSA) is 53.3 Å². The lowest BCUT2D eigenvalue weighted by molar-refractivity contribution is -0.0206. The number of piperidine rings is 2. The van der Waals surface area contributed by atoms with Crippen molar-refractivity contribution in [1.82, 2.24) is 20.0 Å². The van der Waals surface area contributed by atoms with Crippen LogP contribution in [0.3, 0.4) is 0 Å². The molecule has 0 unspecified atom stereocenters. The van der Waals surface area contributed by atoms with Gasteiger partial charge in [0.15, 0.2) is 0 Å². The van der Waals surface area contributed by atoms with Gasteiger partial charge in [-0.3, -0.25) is 4.68 Å². The molecular weight excluding hydrogens is 276 g/mol. The number of nitrogens with zero attached hydrogens (tertiary/aromatic N) is 3. The van der Waals surface area contributed by atoms with Crippen molar-refractivity contribution in [2.24, 2.45) is 5.41 Å². The second-order valence-electron chi connectivity index (χ2n) is 6.12. The van der Waals surface area contributed by atoms with E-state index in [9.17, 15) is 5.11 Å². The van der Waals surface area contributed by atoms with Crippen LogP contribution in [0.4, 0.5) is 0 Å². The Morgan fingerprint density at radius 3 is 3.15 bits per heavy atom. The van der Waals surface area contributed by atoms with E-state index in [2.05, 4.69) is 15.3 Å². The molecule has 2 aliphatic heterocycles. The molecule has 0 bridgehead atoms. The zero-order valence-electron chi connectivity index (χ0n) is 11.8. The molecule has 1 aromatic heterocycles. The van der Waals surface area contributed by atoms with Gasteiger partial charge in [-0.25, -0.2) is 0 Å². The van der Waals surface area contributed by atoms with Gasteiger partial charge in [0.1, 0.15) is 0 Å².